The van der Waals surface area contributed by atoms with E-state index in [1.165, 1.54) is 0 Å². The Kier molecular flexibility index (Phi) is 4.39. The van der Waals surface area contributed by atoms with Crippen molar-refractivity contribution >= 4 is 39.1 Å². The fraction of sp³-hybridized carbons (Fsp3) is 0.0769. The van der Waals surface area contributed by atoms with Crippen LogP contribution in [0.3, 0.4) is 0 Å². The topological polar surface area (TPSA) is 68.0 Å². The number of hydrogen-bond acceptors (Lipinski definition) is 3. The molecule has 19 heavy (non-hydrogen) atoms. The number of pyridine rings is 1. The summed E-state index contributed by atoms with van der Waals surface area (Å²) in [4.78, 5) is 15.4. The predicted molar refractivity (Wildman–Crippen MR) is 79.2 cm³/mol. The minimum absolute atomic E-state index is 0.411. The molecule has 1 heterocycles. The van der Waals surface area contributed by atoms with E-state index in [-0.39, 0.29) is 0 Å². The van der Waals surface area contributed by atoms with Crippen molar-refractivity contribution in [3.05, 3.63) is 57.3 Å². The highest BCUT2D eigenvalue weighted by atomic mass is 79.9. The van der Waals surface area contributed by atoms with Gasteiger partial charge in [0.05, 0.1) is 22.9 Å². The molecule has 4 nitrogen and oxygen atoms in total. The molecule has 0 saturated carbocycles. The number of benzene rings is 1. The molecule has 2 aromatic rings. The van der Waals surface area contributed by atoms with Crippen molar-refractivity contribution in [1.82, 2.24) is 4.98 Å². The molecule has 0 saturated heterocycles. The number of nitrogens with two attached hydrogens (primary N) is 1. The Morgan fingerprint density at radius 1 is 1.37 bits per heavy atom. The van der Waals surface area contributed by atoms with E-state index >= 15 is 0 Å². The van der Waals surface area contributed by atoms with E-state index in [1.807, 2.05) is 18.2 Å². The van der Waals surface area contributed by atoms with Crippen LogP contribution in [0.1, 0.15) is 16.1 Å². The molecule has 0 fully saturated rings. The molecule has 0 aliphatic heterocycles. The first-order valence-corrected chi connectivity index (χ1v) is 6.68. The fourth-order valence-electron chi connectivity index (χ4n) is 1.55. The van der Waals surface area contributed by atoms with Crippen molar-refractivity contribution < 1.29 is 4.79 Å². The SMILES string of the molecule is NC(=O)c1ccc(Cl)c(NCc2cccc(Br)n2)c1. The molecule has 0 radical (unpaired) electrons. The normalized spacial score (nSPS) is 10.2. The van der Waals surface area contributed by atoms with E-state index in [1.54, 1.807) is 18.2 Å². The largest absolute Gasteiger partial charge is 0.378 e. The van der Waals surface area contributed by atoms with Crippen LogP contribution in [0.2, 0.25) is 5.02 Å². The maximum atomic E-state index is 11.1. The Morgan fingerprint density at radius 3 is 2.84 bits per heavy atom. The van der Waals surface area contributed by atoms with Gasteiger partial charge in [0.2, 0.25) is 5.91 Å². The van der Waals surface area contributed by atoms with Crippen LogP contribution in [-0.4, -0.2) is 10.9 Å². The number of hydrogen-bond donors (Lipinski definition) is 2. The van der Waals surface area contributed by atoms with Gasteiger partial charge in [-0.05, 0) is 46.3 Å². The summed E-state index contributed by atoms with van der Waals surface area (Å²) in [7, 11) is 0. The number of amides is 1. The molecule has 1 aromatic heterocycles. The third-order valence-corrected chi connectivity index (χ3v) is 3.25. The Labute approximate surface area is 124 Å². The molecule has 0 bridgehead atoms. The van der Waals surface area contributed by atoms with Gasteiger partial charge in [-0.25, -0.2) is 4.98 Å². The summed E-state index contributed by atoms with van der Waals surface area (Å²) in [6, 6.07) is 10.5. The lowest BCUT2D eigenvalue weighted by molar-refractivity contribution is 0.100. The first-order valence-electron chi connectivity index (χ1n) is 5.51. The van der Waals surface area contributed by atoms with Crippen LogP contribution in [0.25, 0.3) is 0 Å². The molecule has 1 aromatic carbocycles. The quantitative estimate of drug-likeness (QED) is 0.840. The molecule has 1 amide bonds. The number of primary amides is 1. The molecule has 0 unspecified atom stereocenters. The molecule has 0 spiro atoms. The first kappa shape index (κ1) is 13.8. The fourth-order valence-corrected chi connectivity index (χ4v) is 2.11. The molecular weight excluding hydrogens is 330 g/mol. The van der Waals surface area contributed by atoms with Crippen molar-refractivity contribution in [2.45, 2.75) is 6.54 Å². The molecule has 0 aliphatic carbocycles. The van der Waals surface area contributed by atoms with Crippen LogP contribution < -0.4 is 11.1 Å². The monoisotopic (exact) mass is 339 g/mol. The lowest BCUT2D eigenvalue weighted by atomic mass is 10.2. The highest BCUT2D eigenvalue weighted by Gasteiger charge is 2.06. The number of nitrogens with one attached hydrogen (secondary N) is 1. The molecule has 98 valence electrons. The summed E-state index contributed by atoms with van der Waals surface area (Å²) in [5, 5.41) is 3.66. The summed E-state index contributed by atoms with van der Waals surface area (Å²) in [6.07, 6.45) is 0. The standard InChI is InChI=1S/C13H11BrClN3O/c14-12-3-1-2-9(18-12)7-17-11-6-8(13(16)19)4-5-10(11)15/h1-6,17H,7H2,(H2,16,19). The van der Waals surface area contributed by atoms with Gasteiger partial charge in [-0.2, -0.15) is 0 Å². The minimum Gasteiger partial charge on any atom is -0.378 e. The lowest BCUT2D eigenvalue weighted by Crippen LogP contribution is -2.11. The predicted octanol–water partition coefficient (Wildman–Crippen LogP) is 3.21. The van der Waals surface area contributed by atoms with Gasteiger partial charge >= 0.3 is 0 Å². The molecular formula is C13H11BrClN3O. The van der Waals surface area contributed by atoms with Gasteiger partial charge in [-0.15, -0.1) is 0 Å². The van der Waals surface area contributed by atoms with Crippen LogP contribution in [0, 0.1) is 0 Å². The molecule has 0 aliphatic rings. The van der Waals surface area contributed by atoms with Gasteiger partial charge in [0.1, 0.15) is 4.60 Å². The van der Waals surface area contributed by atoms with Crippen LogP contribution >= 0.6 is 27.5 Å². The maximum absolute atomic E-state index is 11.1. The van der Waals surface area contributed by atoms with Crippen LogP contribution in [0.15, 0.2) is 41.0 Å². The van der Waals surface area contributed by atoms with E-state index in [4.69, 9.17) is 17.3 Å². The van der Waals surface area contributed by atoms with Crippen molar-refractivity contribution in [2.24, 2.45) is 5.73 Å². The van der Waals surface area contributed by atoms with Crippen LogP contribution in [-0.2, 0) is 6.54 Å². The van der Waals surface area contributed by atoms with E-state index in [9.17, 15) is 4.79 Å². The number of aromatic nitrogens is 1. The zero-order chi connectivity index (χ0) is 13.8. The average Bonchev–Trinajstić information content (AvgIpc) is 2.37. The number of nitrogens with zero attached hydrogens (tertiary/aromatic N) is 1. The van der Waals surface area contributed by atoms with Gasteiger partial charge < -0.3 is 11.1 Å². The highest BCUT2D eigenvalue weighted by Crippen LogP contribution is 2.23. The number of carbonyl (C=O) groups excluding carboxylic acids is 1. The van der Waals surface area contributed by atoms with Crippen molar-refractivity contribution in [3.63, 3.8) is 0 Å². The zero-order valence-electron chi connectivity index (χ0n) is 9.86. The van der Waals surface area contributed by atoms with Crippen molar-refractivity contribution in [2.75, 3.05) is 5.32 Å². The Balaban J connectivity index is 2.15. The number of anilines is 1. The average molecular weight is 341 g/mol. The summed E-state index contributed by atoms with van der Waals surface area (Å²) in [5.74, 6) is -0.486. The molecule has 2 rings (SSSR count). The van der Waals surface area contributed by atoms with Gasteiger partial charge in [0.25, 0.3) is 0 Å². The Hall–Kier alpha value is -1.59. The highest BCUT2D eigenvalue weighted by molar-refractivity contribution is 9.10. The smallest absolute Gasteiger partial charge is 0.248 e. The van der Waals surface area contributed by atoms with Gasteiger partial charge in [0.15, 0.2) is 0 Å². The number of halogens is 2. The number of rotatable bonds is 4. The maximum Gasteiger partial charge on any atom is 0.248 e. The first-order chi connectivity index (χ1) is 9.06. The lowest BCUT2D eigenvalue weighted by Gasteiger charge is -2.09. The molecule has 0 atom stereocenters. The second-order valence-corrected chi connectivity index (χ2v) is 5.08. The third kappa shape index (κ3) is 3.68. The zero-order valence-corrected chi connectivity index (χ0v) is 12.2. The Bertz CT molecular complexity index is 619. The summed E-state index contributed by atoms with van der Waals surface area (Å²) >= 11 is 9.36. The van der Waals surface area contributed by atoms with E-state index in [0.29, 0.717) is 22.8 Å². The van der Waals surface area contributed by atoms with Crippen molar-refractivity contribution in [1.29, 1.82) is 0 Å². The van der Waals surface area contributed by atoms with Crippen molar-refractivity contribution in [3.8, 4) is 0 Å². The van der Waals surface area contributed by atoms with E-state index < -0.39 is 5.91 Å². The third-order valence-electron chi connectivity index (χ3n) is 2.48. The number of carbonyl (C=O) groups is 1. The summed E-state index contributed by atoms with van der Waals surface area (Å²) < 4.78 is 0.767. The second-order valence-electron chi connectivity index (χ2n) is 3.86. The summed E-state index contributed by atoms with van der Waals surface area (Å²) in [5.41, 5.74) is 7.15. The van der Waals surface area contributed by atoms with E-state index in [0.717, 1.165) is 10.3 Å². The van der Waals surface area contributed by atoms with Gasteiger partial charge in [-0.1, -0.05) is 17.7 Å². The second kappa shape index (κ2) is 6.04. The van der Waals surface area contributed by atoms with Gasteiger partial charge in [0, 0.05) is 5.56 Å². The van der Waals surface area contributed by atoms with E-state index in [2.05, 4.69) is 26.2 Å². The van der Waals surface area contributed by atoms with Crippen LogP contribution in [0.5, 0.6) is 0 Å². The minimum atomic E-state index is -0.486. The molecule has 6 heteroatoms. The van der Waals surface area contributed by atoms with Crippen LogP contribution in [0.4, 0.5) is 5.69 Å². The Morgan fingerprint density at radius 2 is 2.16 bits per heavy atom. The summed E-state index contributed by atoms with van der Waals surface area (Å²) in [6.45, 7) is 0.501. The van der Waals surface area contributed by atoms with Gasteiger partial charge in [-0.3, -0.25) is 4.79 Å². The molecule has 3 N–H and O–H groups in total.